The van der Waals surface area contributed by atoms with Gasteiger partial charge in [-0.3, -0.25) is 0 Å². The van der Waals surface area contributed by atoms with Gasteiger partial charge in [0, 0.05) is 28.1 Å². The van der Waals surface area contributed by atoms with Gasteiger partial charge in [0.05, 0.1) is 13.1 Å². The fraction of sp³-hybridized carbons (Fsp3) is 0.647. The standard InChI is InChI=1S/C9H17N2O.C8H15N2O/c1-4-5-10-6-7-11(8-10)9(2)12-3;1-4-9-5-6-10(7-9)8(2)11-3/h6-9H,4-5H2,1-3H3;5-8H,4H2,1-3H3/q2*+1. The van der Waals surface area contributed by atoms with Crippen LogP contribution in [0.5, 0.6) is 0 Å². The number of nitrogens with zero attached hydrogens (tertiary/aromatic N) is 4. The Labute approximate surface area is 139 Å². The van der Waals surface area contributed by atoms with Crippen LogP contribution in [0.4, 0.5) is 0 Å². The second-order valence-corrected chi connectivity index (χ2v) is 5.46. The molecule has 2 atom stereocenters. The minimum Gasteiger partial charge on any atom is -0.343 e. The predicted octanol–water partition coefficient (Wildman–Crippen LogP) is 2.31. The van der Waals surface area contributed by atoms with Crippen molar-refractivity contribution in [3.63, 3.8) is 0 Å². The van der Waals surface area contributed by atoms with Crippen molar-refractivity contribution < 1.29 is 18.6 Å². The highest BCUT2D eigenvalue weighted by molar-refractivity contribution is 4.68. The van der Waals surface area contributed by atoms with E-state index < -0.39 is 0 Å². The van der Waals surface area contributed by atoms with E-state index in [-0.39, 0.29) is 12.5 Å². The minimum absolute atomic E-state index is 0.128. The Hall–Kier alpha value is -1.66. The van der Waals surface area contributed by atoms with Crippen LogP contribution >= 0.6 is 0 Å². The van der Waals surface area contributed by atoms with E-state index in [0.29, 0.717) is 0 Å². The highest BCUT2D eigenvalue weighted by atomic mass is 16.5. The van der Waals surface area contributed by atoms with Gasteiger partial charge < -0.3 is 9.47 Å². The molecular formula is C17H32N4O2+2. The molecule has 0 aliphatic carbocycles. The topological polar surface area (TPSA) is 36.1 Å². The summed E-state index contributed by atoms with van der Waals surface area (Å²) in [5.74, 6) is 0. The molecule has 0 saturated carbocycles. The van der Waals surface area contributed by atoms with Gasteiger partial charge in [0.2, 0.25) is 12.7 Å². The van der Waals surface area contributed by atoms with Crippen LogP contribution in [0.15, 0.2) is 37.4 Å². The number of hydrogen-bond acceptors (Lipinski definition) is 2. The summed E-state index contributed by atoms with van der Waals surface area (Å²) in [6.45, 7) is 10.4. The van der Waals surface area contributed by atoms with Crippen molar-refractivity contribution in [1.82, 2.24) is 9.13 Å². The Morgan fingerprint density at radius 2 is 1.35 bits per heavy atom. The molecule has 0 bridgehead atoms. The van der Waals surface area contributed by atoms with Gasteiger partial charge in [0.15, 0.2) is 12.5 Å². The molecule has 0 aliphatic heterocycles. The molecule has 0 aliphatic rings. The zero-order chi connectivity index (χ0) is 17.2. The molecule has 0 aromatic carbocycles. The van der Waals surface area contributed by atoms with Crippen LogP contribution in [0.1, 0.15) is 46.6 Å². The first-order valence-electron chi connectivity index (χ1n) is 8.24. The number of methoxy groups -OCH3 is 2. The lowest BCUT2D eigenvalue weighted by molar-refractivity contribution is -0.696. The van der Waals surface area contributed by atoms with Gasteiger partial charge >= 0.3 is 0 Å². The second kappa shape index (κ2) is 10.2. The Bertz CT molecular complexity index is 550. The van der Waals surface area contributed by atoms with Gasteiger partial charge in [-0.15, -0.1) is 0 Å². The Kier molecular flexibility index (Phi) is 8.58. The van der Waals surface area contributed by atoms with Crippen LogP contribution in [0.3, 0.4) is 0 Å². The molecule has 0 amide bonds. The van der Waals surface area contributed by atoms with E-state index in [0.717, 1.165) is 19.5 Å². The molecule has 0 saturated heterocycles. The fourth-order valence-corrected chi connectivity index (χ4v) is 2.07. The summed E-state index contributed by atoms with van der Waals surface area (Å²) in [4.78, 5) is 0. The monoisotopic (exact) mass is 324 g/mol. The second-order valence-electron chi connectivity index (χ2n) is 5.46. The molecule has 0 N–H and O–H groups in total. The van der Waals surface area contributed by atoms with Crippen molar-refractivity contribution >= 4 is 0 Å². The van der Waals surface area contributed by atoms with Crippen LogP contribution in [0, 0.1) is 0 Å². The molecule has 6 heteroatoms. The lowest BCUT2D eigenvalue weighted by Gasteiger charge is -2.03. The third-order valence-electron chi connectivity index (χ3n) is 3.79. The average Bonchev–Trinajstić information content (AvgIpc) is 3.23. The maximum Gasteiger partial charge on any atom is 0.245 e. The van der Waals surface area contributed by atoms with E-state index in [1.54, 1.807) is 14.2 Å². The van der Waals surface area contributed by atoms with E-state index in [2.05, 4.69) is 40.1 Å². The predicted molar refractivity (Wildman–Crippen MR) is 88.7 cm³/mol. The number of aromatic nitrogens is 4. The van der Waals surface area contributed by atoms with Crippen molar-refractivity contribution in [3.05, 3.63) is 37.4 Å². The zero-order valence-corrected chi connectivity index (χ0v) is 15.3. The number of ether oxygens (including phenoxy) is 2. The SMILES string of the molecule is CCC[n+]1ccn(C(C)OC)c1.CC[n+]1ccn(C(C)OC)c1. The van der Waals surface area contributed by atoms with Crippen molar-refractivity contribution in [2.24, 2.45) is 0 Å². The number of hydrogen-bond donors (Lipinski definition) is 0. The quantitative estimate of drug-likeness (QED) is 0.733. The summed E-state index contributed by atoms with van der Waals surface area (Å²) < 4.78 is 18.7. The molecule has 2 heterocycles. The zero-order valence-electron chi connectivity index (χ0n) is 15.3. The first-order valence-corrected chi connectivity index (χ1v) is 8.24. The molecule has 0 fully saturated rings. The van der Waals surface area contributed by atoms with Gasteiger partial charge in [-0.2, -0.15) is 0 Å². The molecule has 130 valence electrons. The third kappa shape index (κ3) is 6.15. The van der Waals surface area contributed by atoms with Crippen LogP contribution in [-0.4, -0.2) is 23.4 Å². The van der Waals surface area contributed by atoms with E-state index in [4.69, 9.17) is 9.47 Å². The smallest absolute Gasteiger partial charge is 0.245 e. The molecule has 2 aromatic heterocycles. The maximum absolute atomic E-state index is 5.18. The Balaban J connectivity index is 0.000000231. The van der Waals surface area contributed by atoms with Gasteiger partial charge in [-0.25, -0.2) is 18.3 Å². The van der Waals surface area contributed by atoms with Crippen molar-refractivity contribution in [2.45, 2.75) is 59.7 Å². The average molecular weight is 324 g/mol. The normalized spacial score (nSPS) is 13.3. The third-order valence-corrected chi connectivity index (χ3v) is 3.79. The van der Waals surface area contributed by atoms with Gasteiger partial charge in [-0.1, -0.05) is 6.92 Å². The molecule has 2 aromatic rings. The molecule has 2 unspecified atom stereocenters. The maximum atomic E-state index is 5.18. The summed E-state index contributed by atoms with van der Waals surface area (Å²) in [7, 11) is 3.43. The van der Waals surface area contributed by atoms with Crippen LogP contribution < -0.4 is 9.13 Å². The van der Waals surface area contributed by atoms with E-state index in [1.165, 1.54) is 0 Å². The van der Waals surface area contributed by atoms with Crippen LogP contribution in [0.25, 0.3) is 0 Å². The van der Waals surface area contributed by atoms with Crippen LogP contribution in [0.2, 0.25) is 0 Å². The first-order chi connectivity index (χ1) is 11.0. The largest absolute Gasteiger partial charge is 0.343 e. The highest BCUT2D eigenvalue weighted by Crippen LogP contribution is 2.03. The molecule has 0 radical (unpaired) electrons. The molecular weight excluding hydrogens is 292 g/mol. The Morgan fingerprint density at radius 1 is 0.870 bits per heavy atom. The first kappa shape index (κ1) is 19.4. The summed E-state index contributed by atoms with van der Waals surface area (Å²) >= 11 is 0. The van der Waals surface area contributed by atoms with Crippen molar-refractivity contribution in [2.75, 3.05) is 14.2 Å². The lowest BCUT2D eigenvalue weighted by atomic mass is 10.5. The Morgan fingerprint density at radius 3 is 1.74 bits per heavy atom. The lowest BCUT2D eigenvalue weighted by Crippen LogP contribution is -2.30. The molecule has 6 nitrogen and oxygen atoms in total. The van der Waals surface area contributed by atoms with E-state index >= 15 is 0 Å². The van der Waals surface area contributed by atoms with Gasteiger partial charge in [0.1, 0.15) is 24.8 Å². The highest BCUT2D eigenvalue weighted by Gasteiger charge is 2.09. The molecule has 0 spiro atoms. The number of rotatable bonds is 7. The summed E-state index contributed by atoms with van der Waals surface area (Å²) in [5.41, 5.74) is 0. The van der Waals surface area contributed by atoms with E-state index in [9.17, 15) is 0 Å². The fourth-order valence-electron chi connectivity index (χ4n) is 2.07. The van der Waals surface area contributed by atoms with Crippen molar-refractivity contribution in [1.29, 1.82) is 0 Å². The van der Waals surface area contributed by atoms with E-state index in [1.807, 2.05) is 43.3 Å². The summed E-state index contributed by atoms with van der Waals surface area (Å²) in [6.07, 6.45) is 13.7. The number of aryl methyl sites for hydroxylation is 2. The van der Waals surface area contributed by atoms with Crippen molar-refractivity contribution in [3.8, 4) is 0 Å². The minimum atomic E-state index is 0.128. The van der Waals surface area contributed by atoms with Gasteiger partial charge in [0.25, 0.3) is 0 Å². The summed E-state index contributed by atoms with van der Waals surface area (Å²) in [5, 5.41) is 0. The van der Waals surface area contributed by atoms with Crippen LogP contribution in [-0.2, 0) is 22.6 Å². The molecule has 23 heavy (non-hydrogen) atoms. The number of imidazole rings is 2. The van der Waals surface area contributed by atoms with Gasteiger partial charge in [-0.05, 0) is 13.3 Å². The molecule has 2 rings (SSSR count). The summed E-state index contributed by atoms with van der Waals surface area (Å²) in [6, 6.07) is 0.